The molecule has 0 atom stereocenters. The van der Waals surface area contributed by atoms with Gasteiger partial charge in [0.1, 0.15) is 13.2 Å². The van der Waals surface area contributed by atoms with Crippen LogP contribution < -0.4 is 14.2 Å². The van der Waals surface area contributed by atoms with Gasteiger partial charge >= 0.3 is 0 Å². The van der Waals surface area contributed by atoms with E-state index in [0.29, 0.717) is 35.4 Å². The molecular formula is C14H12ClNO4S. The van der Waals surface area contributed by atoms with Crippen LogP contribution in [0.1, 0.15) is 0 Å². The molecule has 5 nitrogen and oxygen atoms in total. The molecule has 2 aromatic rings. The second kappa shape index (κ2) is 5.46. The standard InChI is InChI=1S/C14H12ClNO4S/c15-11-3-1-2-4-12(11)16-21(17,18)10-5-6-13-14(9-10)20-8-7-19-13/h1-6,9,16H,7-8H2. The van der Waals surface area contributed by atoms with Crippen LogP contribution in [-0.4, -0.2) is 21.6 Å². The monoisotopic (exact) mass is 325 g/mol. The molecule has 0 spiro atoms. The fraction of sp³-hybridized carbons (Fsp3) is 0.143. The number of anilines is 1. The van der Waals surface area contributed by atoms with Gasteiger partial charge in [0.05, 0.1) is 15.6 Å². The van der Waals surface area contributed by atoms with Crippen LogP contribution in [0.3, 0.4) is 0 Å². The maximum absolute atomic E-state index is 12.4. The van der Waals surface area contributed by atoms with E-state index >= 15 is 0 Å². The Morgan fingerprint density at radius 2 is 1.71 bits per heavy atom. The summed E-state index contributed by atoms with van der Waals surface area (Å²) in [5, 5.41) is 0.332. The van der Waals surface area contributed by atoms with E-state index in [1.807, 2.05) is 0 Å². The highest BCUT2D eigenvalue weighted by Crippen LogP contribution is 2.33. The first-order valence-corrected chi connectivity index (χ1v) is 8.09. The first kappa shape index (κ1) is 14.0. The molecule has 2 aromatic carbocycles. The van der Waals surface area contributed by atoms with Crippen molar-refractivity contribution in [3.05, 3.63) is 47.5 Å². The minimum absolute atomic E-state index is 0.0895. The number of hydrogen-bond acceptors (Lipinski definition) is 4. The van der Waals surface area contributed by atoms with E-state index in [2.05, 4.69) is 4.72 Å². The Morgan fingerprint density at radius 3 is 2.48 bits per heavy atom. The second-order valence-electron chi connectivity index (χ2n) is 4.39. The van der Waals surface area contributed by atoms with Gasteiger partial charge in [-0.2, -0.15) is 0 Å². The highest BCUT2D eigenvalue weighted by atomic mass is 35.5. The quantitative estimate of drug-likeness (QED) is 0.942. The molecule has 0 saturated carbocycles. The van der Waals surface area contributed by atoms with Crippen LogP contribution in [0.5, 0.6) is 11.5 Å². The van der Waals surface area contributed by atoms with Crippen LogP contribution >= 0.6 is 11.6 Å². The third-order valence-electron chi connectivity index (χ3n) is 2.94. The van der Waals surface area contributed by atoms with Gasteiger partial charge < -0.3 is 9.47 Å². The van der Waals surface area contributed by atoms with Crippen LogP contribution in [0.15, 0.2) is 47.4 Å². The summed E-state index contributed by atoms with van der Waals surface area (Å²) >= 11 is 5.96. The number of ether oxygens (including phenoxy) is 2. The van der Waals surface area contributed by atoms with E-state index in [4.69, 9.17) is 21.1 Å². The van der Waals surface area contributed by atoms with Crippen molar-refractivity contribution in [2.45, 2.75) is 4.90 Å². The van der Waals surface area contributed by atoms with Crippen molar-refractivity contribution in [3.8, 4) is 11.5 Å². The molecule has 21 heavy (non-hydrogen) atoms. The molecule has 0 radical (unpaired) electrons. The molecule has 3 rings (SSSR count). The van der Waals surface area contributed by atoms with Crippen molar-refractivity contribution in [1.29, 1.82) is 0 Å². The van der Waals surface area contributed by atoms with Crippen LogP contribution in [0, 0.1) is 0 Å². The SMILES string of the molecule is O=S(=O)(Nc1ccccc1Cl)c1ccc2c(c1)OCCO2. The first-order chi connectivity index (χ1) is 10.1. The molecule has 7 heteroatoms. The zero-order valence-electron chi connectivity index (χ0n) is 10.9. The smallest absolute Gasteiger partial charge is 0.262 e. The summed E-state index contributed by atoms with van der Waals surface area (Å²) in [6, 6.07) is 11.1. The van der Waals surface area contributed by atoms with E-state index in [0.717, 1.165) is 0 Å². The van der Waals surface area contributed by atoms with Crippen LogP contribution in [0.4, 0.5) is 5.69 Å². The van der Waals surface area contributed by atoms with Crippen molar-refractivity contribution in [2.24, 2.45) is 0 Å². The fourth-order valence-corrected chi connectivity index (χ4v) is 3.27. The molecule has 0 aliphatic carbocycles. The number of sulfonamides is 1. The normalized spacial score (nSPS) is 13.8. The molecule has 1 heterocycles. The molecule has 0 aromatic heterocycles. The molecule has 1 aliphatic heterocycles. The molecule has 1 aliphatic rings. The summed E-state index contributed by atoms with van der Waals surface area (Å²) in [5.41, 5.74) is 0.328. The van der Waals surface area contributed by atoms with Gasteiger partial charge in [-0.3, -0.25) is 4.72 Å². The second-order valence-corrected chi connectivity index (χ2v) is 6.48. The first-order valence-electron chi connectivity index (χ1n) is 6.23. The number of benzene rings is 2. The Hall–Kier alpha value is -1.92. The minimum atomic E-state index is -3.74. The van der Waals surface area contributed by atoms with Gasteiger partial charge in [0.2, 0.25) is 0 Å². The van der Waals surface area contributed by atoms with E-state index in [1.165, 1.54) is 12.1 Å². The van der Waals surface area contributed by atoms with E-state index in [9.17, 15) is 8.42 Å². The van der Waals surface area contributed by atoms with Crippen molar-refractivity contribution in [2.75, 3.05) is 17.9 Å². The lowest BCUT2D eigenvalue weighted by molar-refractivity contribution is 0.171. The minimum Gasteiger partial charge on any atom is -0.486 e. The van der Waals surface area contributed by atoms with Gasteiger partial charge in [-0.1, -0.05) is 23.7 Å². The Morgan fingerprint density at radius 1 is 1.00 bits per heavy atom. The molecule has 0 amide bonds. The lowest BCUT2D eigenvalue weighted by Gasteiger charge is -2.19. The van der Waals surface area contributed by atoms with Crippen molar-refractivity contribution < 1.29 is 17.9 Å². The zero-order valence-corrected chi connectivity index (χ0v) is 12.4. The van der Waals surface area contributed by atoms with Crippen molar-refractivity contribution in [3.63, 3.8) is 0 Å². The van der Waals surface area contributed by atoms with Gasteiger partial charge in [-0.05, 0) is 24.3 Å². The third-order valence-corrected chi connectivity index (χ3v) is 4.63. The zero-order chi connectivity index (χ0) is 14.9. The summed E-state index contributed by atoms with van der Waals surface area (Å²) in [7, 11) is -3.74. The predicted octanol–water partition coefficient (Wildman–Crippen LogP) is 2.91. The third kappa shape index (κ3) is 2.91. The average molecular weight is 326 g/mol. The van der Waals surface area contributed by atoms with Gasteiger partial charge in [0, 0.05) is 6.07 Å². The highest BCUT2D eigenvalue weighted by Gasteiger charge is 2.20. The number of hydrogen-bond donors (Lipinski definition) is 1. The van der Waals surface area contributed by atoms with Crippen molar-refractivity contribution >= 4 is 27.3 Å². The molecule has 0 fully saturated rings. The molecule has 1 N–H and O–H groups in total. The van der Waals surface area contributed by atoms with Gasteiger partial charge in [-0.25, -0.2) is 8.42 Å². The maximum Gasteiger partial charge on any atom is 0.262 e. The largest absolute Gasteiger partial charge is 0.486 e. The average Bonchev–Trinajstić information content (AvgIpc) is 2.49. The summed E-state index contributed by atoms with van der Waals surface area (Å²) in [5.74, 6) is 0.959. The summed E-state index contributed by atoms with van der Waals surface area (Å²) in [6.45, 7) is 0.853. The van der Waals surface area contributed by atoms with Gasteiger partial charge in [0.15, 0.2) is 11.5 Å². The summed E-state index contributed by atoms with van der Waals surface area (Å²) in [4.78, 5) is 0.0895. The Kier molecular flexibility index (Phi) is 3.65. The number of fused-ring (bicyclic) bond motifs is 1. The molecule has 0 bridgehead atoms. The molecular weight excluding hydrogens is 314 g/mol. The lowest BCUT2D eigenvalue weighted by atomic mass is 10.3. The number of halogens is 1. The van der Waals surface area contributed by atoms with E-state index < -0.39 is 10.0 Å². The summed E-state index contributed by atoms with van der Waals surface area (Å²) in [6.07, 6.45) is 0. The van der Waals surface area contributed by atoms with Crippen LogP contribution in [-0.2, 0) is 10.0 Å². The maximum atomic E-state index is 12.4. The number of para-hydroxylation sites is 1. The van der Waals surface area contributed by atoms with Gasteiger partial charge in [0.25, 0.3) is 10.0 Å². The lowest BCUT2D eigenvalue weighted by Crippen LogP contribution is -2.17. The Labute approximate surface area is 127 Å². The highest BCUT2D eigenvalue weighted by molar-refractivity contribution is 7.92. The topological polar surface area (TPSA) is 64.6 Å². The Balaban J connectivity index is 1.93. The van der Waals surface area contributed by atoms with Crippen LogP contribution in [0.25, 0.3) is 0 Å². The van der Waals surface area contributed by atoms with Gasteiger partial charge in [-0.15, -0.1) is 0 Å². The number of rotatable bonds is 3. The van der Waals surface area contributed by atoms with Crippen LogP contribution in [0.2, 0.25) is 5.02 Å². The molecule has 0 unspecified atom stereocenters. The predicted molar refractivity (Wildman–Crippen MR) is 79.7 cm³/mol. The Bertz CT molecular complexity index is 776. The summed E-state index contributed by atoms with van der Waals surface area (Å²) < 4.78 is 38.0. The molecule has 0 saturated heterocycles. The number of nitrogens with one attached hydrogen (secondary N) is 1. The van der Waals surface area contributed by atoms with E-state index in [1.54, 1.807) is 30.3 Å². The fourth-order valence-electron chi connectivity index (χ4n) is 1.94. The van der Waals surface area contributed by atoms with Crippen molar-refractivity contribution in [1.82, 2.24) is 0 Å². The molecule has 110 valence electrons. The van der Waals surface area contributed by atoms with E-state index in [-0.39, 0.29) is 4.90 Å².